The van der Waals surface area contributed by atoms with E-state index in [1.54, 1.807) is 0 Å². The summed E-state index contributed by atoms with van der Waals surface area (Å²) in [6.07, 6.45) is 3.58. The van der Waals surface area contributed by atoms with Crippen molar-refractivity contribution in [2.24, 2.45) is 11.8 Å². The summed E-state index contributed by atoms with van der Waals surface area (Å²) in [5.41, 5.74) is 0. The second kappa shape index (κ2) is 6.53. The fourth-order valence-electron chi connectivity index (χ4n) is 3.06. The van der Waals surface area contributed by atoms with Crippen LogP contribution in [0.25, 0.3) is 0 Å². The number of carbonyl (C=O) groups excluding carboxylic acids is 1. The van der Waals surface area contributed by atoms with Gasteiger partial charge >= 0.3 is 0 Å². The number of nitrogens with one attached hydrogen (secondary N) is 1. The molecule has 0 spiro atoms. The molecule has 2 aliphatic heterocycles. The Hall–Kier alpha value is -0.610. The summed E-state index contributed by atoms with van der Waals surface area (Å²) in [4.78, 5) is 16.6. The summed E-state index contributed by atoms with van der Waals surface area (Å²) < 4.78 is 0. The Bertz CT molecular complexity index is 274. The van der Waals surface area contributed by atoms with Crippen molar-refractivity contribution < 1.29 is 4.79 Å². The molecule has 0 saturated carbocycles. The van der Waals surface area contributed by atoms with Gasteiger partial charge < -0.3 is 10.2 Å². The average Bonchev–Trinajstić information content (AvgIpc) is 2.78. The van der Waals surface area contributed by atoms with Crippen LogP contribution in [0.5, 0.6) is 0 Å². The lowest BCUT2D eigenvalue weighted by Gasteiger charge is -2.31. The monoisotopic (exact) mass is 253 g/mol. The highest BCUT2D eigenvalue weighted by Crippen LogP contribution is 2.18. The van der Waals surface area contributed by atoms with Crippen molar-refractivity contribution in [1.82, 2.24) is 15.1 Å². The first-order valence-corrected chi connectivity index (χ1v) is 7.33. The zero-order valence-electron chi connectivity index (χ0n) is 11.8. The highest BCUT2D eigenvalue weighted by molar-refractivity contribution is 5.78. The van der Waals surface area contributed by atoms with Gasteiger partial charge in [-0.05, 0) is 51.2 Å². The Balaban J connectivity index is 1.71. The van der Waals surface area contributed by atoms with Crippen LogP contribution in [0, 0.1) is 11.8 Å². The number of nitrogens with zero attached hydrogens (tertiary/aromatic N) is 2. The third kappa shape index (κ3) is 3.69. The van der Waals surface area contributed by atoms with Crippen LogP contribution in [0.4, 0.5) is 0 Å². The minimum Gasteiger partial charge on any atom is -0.342 e. The predicted octanol–water partition coefficient (Wildman–Crippen LogP) is 0.786. The molecule has 0 aromatic rings. The molecule has 2 rings (SSSR count). The van der Waals surface area contributed by atoms with Gasteiger partial charge in [0.1, 0.15) is 0 Å². The molecule has 18 heavy (non-hydrogen) atoms. The molecule has 2 fully saturated rings. The van der Waals surface area contributed by atoms with Crippen LogP contribution in [0.1, 0.15) is 26.2 Å². The lowest BCUT2D eigenvalue weighted by molar-refractivity contribution is -0.133. The summed E-state index contributed by atoms with van der Waals surface area (Å²) in [6.45, 7) is 8.09. The third-order valence-electron chi connectivity index (χ3n) is 4.36. The lowest BCUT2D eigenvalue weighted by atomic mass is 9.99. The topological polar surface area (TPSA) is 35.6 Å². The predicted molar refractivity (Wildman–Crippen MR) is 73.5 cm³/mol. The van der Waals surface area contributed by atoms with E-state index in [0.29, 0.717) is 12.5 Å². The van der Waals surface area contributed by atoms with Crippen LogP contribution in [0.3, 0.4) is 0 Å². The number of amides is 1. The second-order valence-corrected chi connectivity index (χ2v) is 6.01. The minimum atomic E-state index is 0.340. The molecule has 104 valence electrons. The maximum absolute atomic E-state index is 12.2. The van der Waals surface area contributed by atoms with Gasteiger partial charge in [-0.25, -0.2) is 0 Å². The second-order valence-electron chi connectivity index (χ2n) is 6.01. The molecule has 4 nitrogen and oxygen atoms in total. The zero-order valence-corrected chi connectivity index (χ0v) is 11.8. The minimum absolute atomic E-state index is 0.340. The number of rotatable bonds is 4. The van der Waals surface area contributed by atoms with Crippen molar-refractivity contribution in [3.8, 4) is 0 Å². The van der Waals surface area contributed by atoms with E-state index in [4.69, 9.17) is 0 Å². The number of hydrogen-bond donors (Lipinski definition) is 1. The summed E-state index contributed by atoms with van der Waals surface area (Å²) in [5, 5.41) is 3.23. The van der Waals surface area contributed by atoms with Gasteiger partial charge in [0.05, 0.1) is 6.54 Å². The molecule has 0 aromatic heterocycles. The van der Waals surface area contributed by atoms with E-state index in [-0.39, 0.29) is 0 Å². The van der Waals surface area contributed by atoms with Crippen LogP contribution in [-0.2, 0) is 4.79 Å². The first kappa shape index (κ1) is 13.8. The summed E-state index contributed by atoms with van der Waals surface area (Å²) in [7, 11) is 2.00. The summed E-state index contributed by atoms with van der Waals surface area (Å²) in [5.74, 6) is 1.86. The fourth-order valence-corrected chi connectivity index (χ4v) is 3.06. The largest absolute Gasteiger partial charge is 0.342 e. The molecule has 1 amide bonds. The van der Waals surface area contributed by atoms with Crippen LogP contribution in [0.15, 0.2) is 0 Å². The SMILES string of the molecule is CNCC1CCN(CC(=O)N2CCC(C)CC2)C1. The Kier molecular flexibility index (Phi) is 5.01. The molecule has 0 aromatic carbocycles. The molecule has 4 heteroatoms. The summed E-state index contributed by atoms with van der Waals surface area (Å²) in [6, 6.07) is 0. The molecular weight excluding hydrogens is 226 g/mol. The van der Waals surface area contributed by atoms with Gasteiger partial charge in [-0.1, -0.05) is 6.92 Å². The fraction of sp³-hybridized carbons (Fsp3) is 0.929. The van der Waals surface area contributed by atoms with E-state index in [1.165, 1.54) is 19.3 Å². The van der Waals surface area contributed by atoms with E-state index in [0.717, 1.165) is 44.6 Å². The maximum Gasteiger partial charge on any atom is 0.236 e. The van der Waals surface area contributed by atoms with Gasteiger partial charge in [-0.3, -0.25) is 9.69 Å². The molecule has 0 radical (unpaired) electrons. The Morgan fingerprint density at radius 1 is 1.22 bits per heavy atom. The van der Waals surface area contributed by atoms with E-state index >= 15 is 0 Å². The van der Waals surface area contributed by atoms with E-state index in [2.05, 4.69) is 22.0 Å². The Morgan fingerprint density at radius 2 is 1.94 bits per heavy atom. The zero-order chi connectivity index (χ0) is 13.0. The van der Waals surface area contributed by atoms with Gasteiger partial charge in [-0.15, -0.1) is 0 Å². The number of piperidine rings is 1. The Labute approximate surface area is 111 Å². The van der Waals surface area contributed by atoms with Crippen LogP contribution in [-0.4, -0.2) is 62.0 Å². The third-order valence-corrected chi connectivity index (χ3v) is 4.36. The summed E-state index contributed by atoms with van der Waals surface area (Å²) >= 11 is 0. The van der Waals surface area contributed by atoms with Gasteiger partial charge in [-0.2, -0.15) is 0 Å². The molecule has 1 unspecified atom stereocenters. The van der Waals surface area contributed by atoms with Gasteiger partial charge in [0.2, 0.25) is 5.91 Å². The maximum atomic E-state index is 12.2. The quantitative estimate of drug-likeness (QED) is 0.804. The molecule has 2 saturated heterocycles. The molecule has 0 bridgehead atoms. The molecular formula is C14H27N3O. The van der Waals surface area contributed by atoms with Gasteiger partial charge in [0.25, 0.3) is 0 Å². The number of likely N-dealkylation sites (tertiary alicyclic amines) is 2. The lowest BCUT2D eigenvalue weighted by Crippen LogP contribution is -2.43. The average molecular weight is 253 g/mol. The first-order valence-electron chi connectivity index (χ1n) is 7.33. The molecule has 1 N–H and O–H groups in total. The van der Waals surface area contributed by atoms with E-state index in [1.807, 2.05) is 7.05 Å². The Morgan fingerprint density at radius 3 is 2.61 bits per heavy atom. The van der Waals surface area contributed by atoms with Crippen molar-refractivity contribution >= 4 is 5.91 Å². The van der Waals surface area contributed by atoms with Crippen LogP contribution in [0.2, 0.25) is 0 Å². The molecule has 1 atom stereocenters. The van der Waals surface area contributed by atoms with Crippen molar-refractivity contribution in [3.05, 3.63) is 0 Å². The van der Waals surface area contributed by atoms with Crippen molar-refractivity contribution in [1.29, 1.82) is 0 Å². The smallest absolute Gasteiger partial charge is 0.236 e. The first-order chi connectivity index (χ1) is 8.69. The standard InChI is InChI=1S/C14H27N3O/c1-12-3-7-17(8-4-12)14(18)11-16-6-5-13(10-16)9-15-2/h12-13,15H,3-11H2,1-2H3. The van der Waals surface area contributed by atoms with Crippen molar-refractivity contribution in [3.63, 3.8) is 0 Å². The molecule has 0 aliphatic carbocycles. The normalized spacial score (nSPS) is 26.8. The number of hydrogen-bond acceptors (Lipinski definition) is 3. The van der Waals surface area contributed by atoms with Gasteiger partial charge in [0.15, 0.2) is 0 Å². The van der Waals surface area contributed by atoms with Gasteiger partial charge in [0, 0.05) is 19.6 Å². The molecule has 2 heterocycles. The van der Waals surface area contributed by atoms with Crippen molar-refractivity contribution in [2.45, 2.75) is 26.2 Å². The van der Waals surface area contributed by atoms with Crippen molar-refractivity contribution in [2.75, 3.05) is 46.3 Å². The van der Waals surface area contributed by atoms with Crippen LogP contribution >= 0.6 is 0 Å². The van der Waals surface area contributed by atoms with E-state index in [9.17, 15) is 4.79 Å². The number of carbonyl (C=O) groups is 1. The highest BCUT2D eigenvalue weighted by atomic mass is 16.2. The van der Waals surface area contributed by atoms with Crippen LogP contribution < -0.4 is 5.32 Å². The highest BCUT2D eigenvalue weighted by Gasteiger charge is 2.26. The molecule has 2 aliphatic rings. The van der Waals surface area contributed by atoms with E-state index < -0.39 is 0 Å².